The number of benzene rings is 2. The highest BCUT2D eigenvalue weighted by atomic mass is 35.5. The van der Waals surface area contributed by atoms with Crippen molar-refractivity contribution in [3.63, 3.8) is 0 Å². The van der Waals surface area contributed by atoms with Gasteiger partial charge in [-0.2, -0.15) is 0 Å². The predicted octanol–water partition coefficient (Wildman–Crippen LogP) is 5.04. The molecule has 4 rings (SSSR count). The molecule has 3 aromatic rings. The van der Waals surface area contributed by atoms with Crippen LogP contribution in [-0.4, -0.2) is 60.8 Å². The fraction of sp³-hybridized carbons (Fsp3) is 0.364. The van der Waals surface area contributed by atoms with Gasteiger partial charge in [-0.3, -0.25) is 9.69 Å². The van der Waals surface area contributed by atoms with E-state index in [1.807, 2.05) is 42.5 Å². The molecule has 1 aromatic heterocycles. The maximum atomic E-state index is 12.4. The normalized spacial score (nSPS) is 14.5. The van der Waals surface area contributed by atoms with Crippen LogP contribution in [0.25, 0.3) is 10.2 Å². The molecule has 2 aromatic carbocycles. The lowest BCUT2D eigenvalue weighted by molar-refractivity contribution is 0.0947. The van der Waals surface area contributed by atoms with Crippen LogP contribution in [-0.2, 0) is 0 Å². The molecule has 1 saturated heterocycles. The number of halogens is 2. The van der Waals surface area contributed by atoms with Crippen molar-refractivity contribution in [3.05, 3.63) is 53.1 Å². The topological polar surface area (TPSA) is 48.5 Å². The molecular formula is C22H26Cl2N4OS2. The Hall–Kier alpha value is -1.51. The zero-order valence-electron chi connectivity index (χ0n) is 17.3. The number of nitrogens with zero attached hydrogens (tertiary/aromatic N) is 3. The number of carbonyl (C=O) groups is 1. The second-order valence-corrected chi connectivity index (χ2v) is 9.94. The summed E-state index contributed by atoms with van der Waals surface area (Å²) in [6.45, 7) is 7.45. The number of carbonyl (C=O) groups excluding carboxylic acids is 1. The first-order valence-corrected chi connectivity index (χ1v) is 12.3. The Morgan fingerprint density at radius 2 is 2.00 bits per heavy atom. The lowest BCUT2D eigenvalue weighted by atomic mass is 10.2. The Kier molecular flexibility index (Phi) is 8.86. The van der Waals surface area contributed by atoms with Crippen LogP contribution in [0.1, 0.15) is 17.3 Å². The van der Waals surface area contributed by atoms with Crippen molar-refractivity contribution in [2.24, 2.45) is 0 Å². The van der Waals surface area contributed by atoms with Crippen LogP contribution >= 0.6 is 47.1 Å². The minimum absolute atomic E-state index is 0. The lowest BCUT2D eigenvalue weighted by Gasteiger charge is -2.34. The van der Waals surface area contributed by atoms with Gasteiger partial charge in [-0.05, 0) is 42.2 Å². The largest absolute Gasteiger partial charge is 0.351 e. The Labute approximate surface area is 202 Å². The molecule has 0 aliphatic carbocycles. The number of thioether (sulfide) groups is 1. The summed E-state index contributed by atoms with van der Waals surface area (Å²) in [6.07, 6.45) is 0. The quantitative estimate of drug-likeness (QED) is 0.464. The summed E-state index contributed by atoms with van der Waals surface area (Å²) in [5.41, 5.74) is 1.74. The van der Waals surface area contributed by atoms with Crippen molar-refractivity contribution in [1.82, 2.24) is 15.2 Å². The minimum Gasteiger partial charge on any atom is -0.351 e. The first-order chi connectivity index (χ1) is 14.6. The Balaban J connectivity index is 0.00000272. The second-order valence-electron chi connectivity index (χ2n) is 7.15. The van der Waals surface area contributed by atoms with Crippen molar-refractivity contribution in [1.29, 1.82) is 0 Å². The summed E-state index contributed by atoms with van der Waals surface area (Å²) in [5.74, 6) is 1.00. The number of hydrogen-bond acceptors (Lipinski definition) is 6. The van der Waals surface area contributed by atoms with Gasteiger partial charge in [0.15, 0.2) is 5.13 Å². The third kappa shape index (κ3) is 6.26. The molecule has 0 saturated carbocycles. The highest BCUT2D eigenvalue weighted by molar-refractivity contribution is 7.99. The number of thiazole rings is 1. The molecule has 5 nitrogen and oxygen atoms in total. The fourth-order valence-electron chi connectivity index (χ4n) is 3.51. The molecule has 31 heavy (non-hydrogen) atoms. The van der Waals surface area contributed by atoms with Gasteiger partial charge in [0.1, 0.15) is 0 Å². The second kappa shape index (κ2) is 11.4. The van der Waals surface area contributed by atoms with E-state index in [1.54, 1.807) is 23.1 Å². The van der Waals surface area contributed by atoms with E-state index < -0.39 is 0 Å². The summed E-state index contributed by atoms with van der Waals surface area (Å²) in [4.78, 5) is 23.0. The van der Waals surface area contributed by atoms with Crippen molar-refractivity contribution >= 4 is 68.4 Å². The standard InChI is InChI=1S/C22H25ClN4OS2.ClH/c1-2-29-18-5-3-4-16(14-18)21(28)24-8-9-26-10-12-27(13-11-26)22-25-19-7-6-17(23)15-20(19)30-22;/h3-7,14-15H,2,8-13H2,1H3,(H,24,28);1H. The van der Waals surface area contributed by atoms with Gasteiger partial charge in [-0.25, -0.2) is 4.98 Å². The molecule has 1 amide bonds. The van der Waals surface area contributed by atoms with E-state index in [4.69, 9.17) is 16.6 Å². The van der Waals surface area contributed by atoms with Crippen molar-refractivity contribution < 1.29 is 4.79 Å². The first kappa shape index (κ1) is 24.1. The SMILES string of the molecule is CCSc1cccc(C(=O)NCCN2CCN(c3nc4ccc(Cl)cc4s3)CC2)c1.Cl. The van der Waals surface area contributed by atoms with Crippen LogP contribution in [0, 0.1) is 0 Å². The van der Waals surface area contributed by atoms with E-state index in [0.717, 1.165) is 69.3 Å². The Morgan fingerprint density at radius 1 is 1.19 bits per heavy atom. The molecule has 0 bridgehead atoms. The molecule has 9 heteroatoms. The third-order valence-electron chi connectivity index (χ3n) is 5.10. The fourth-order valence-corrected chi connectivity index (χ4v) is 5.52. The van der Waals surface area contributed by atoms with Gasteiger partial charge in [-0.1, -0.05) is 35.9 Å². The smallest absolute Gasteiger partial charge is 0.251 e. The van der Waals surface area contributed by atoms with Gasteiger partial charge in [-0.15, -0.1) is 24.2 Å². The van der Waals surface area contributed by atoms with E-state index in [0.29, 0.717) is 6.54 Å². The van der Waals surface area contributed by atoms with E-state index in [9.17, 15) is 4.79 Å². The summed E-state index contributed by atoms with van der Waals surface area (Å²) < 4.78 is 1.13. The molecule has 166 valence electrons. The van der Waals surface area contributed by atoms with Crippen molar-refractivity contribution in [3.8, 4) is 0 Å². The summed E-state index contributed by atoms with van der Waals surface area (Å²) in [5, 5.41) is 4.87. The van der Waals surface area contributed by atoms with E-state index >= 15 is 0 Å². The van der Waals surface area contributed by atoms with Crippen LogP contribution in [0.15, 0.2) is 47.4 Å². The molecule has 0 spiro atoms. The van der Waals surface area contributed by atoms with Crippen molar-refractivity contribution in [2.75, 3.05) is 49.9 Å². The predicted molar refractivity (Wildman–Crippen MR) is 136 cm³/mol. The number of nitrogens with one attached hydrogen (secondary N) is 1. The number of amides is 1. The highest BCUT2D eigenvalue weighted by Gasteiger charge is 2.20. The molecular weight excluding hydrogens is 471 g/mol. The monoisotopic (exact) mass is 496 g/mol. The van der Waals surface area contributed by atoms with Gasteiger partial charge >= 0.3 is 0 Å². The van der Waals surface area contributed by atoms with Gasteiger partial charge in [0.2, 0.25) is 0 Å². The first-order valence-electron chi connectivity index (χ1n) is 10.2. The molecule has 1 N–H and O–H groups in total. The molecule has 1 fully saturated rings. The average molecular weight is 498 g/mol. The number of fused-ring (bicyclic) bond motifs is 1. The number of rotatable bonds is 7. The number of hydrogen-bond donors (Lipinski definition) is 1. The number of anilines is 1. The molecule has 0 atom stereocenters. The molecule has 0 radical (unpaired) electrons. The third-order valence-corrected chi connectivity index (χ3v) is 7.29. The summed E-state index contributed by atoms with van der Waals surface area (Å²) in [6, 6.07) is 13.7. The Bertz CT molecular complexity index is 1020. The maximum absolute atomic E-state index is 12.4. The lowest BCUT2D eigenvalue weighted by Crippen LogP contribution is -2.48. The zero-order chi connectivity index (χ0) is 20.9. The van der Waals surface area contributed by atoms with E-state index in [2.05, 4.69) is 22.0 Å². The van der Waals surface area contributed by atoms with Gasteiger partial charge in [0.05, 0.1) is 10.2 Å². The minimum atomic E-state index is 0. The van der Waals surface area contributed by atoms with Crippen LogP contribution < -0.4 is 10.2 Å². The summed E-state index contributed by atoms with van der Waals surface area (Å²) >= 11 is 9.54. The van der Waals surface area contributed by atoms with Crippen molar-refractivity contribution in [2.45, 2.75) is 11.8 Å². The van der Waals surface area contributed by atoms with Crippen LogP contribution in [0.2, 0.25) is 5.02 Å². The number of aromatic nitrogens is 1. The van der Waals surface area contributed by atoms with Gasteiger partial charge in [0, 0.05) is 54.8 Å². The summed E-state index contributed by atoms with van der Waals surface area (Å²) in [7, 11) is 0. The Morgan fingerprint density at radius 3 is 2.77 bits per heavy atom. The zero-order valence-corrected chi connectivity index (χ0v) is 20.5. The highest BCUT2D eigenvalue weighted by Crippen LogP contribution is 2.31. The van der Waals surface area contributed by atoms with Gasteiger partial charge < -0.3 is 10.2 Å². The van der Waals surface area contributed by atoms with Crippen LogP contribution in [0.5, 0.6) is 0 Å². The van der Waals surface area contributed by atoms with E-state index in [-0.39, 0.29) is 18.3 Å². The van der Waals surface area contributed by atoms with Crippen LogP contribution in [0.4, 0.5) is 5.13 Å². The van der Waals surface area contributed by atoms with Gasteiger partial charge in [0.25, 0.3) is 5.91 Å². The van der Waals surface area contributed by atoms with Crippen LogP contribution in [0.3, 0.4) is 0 Å². The average Bonchev–Trinajstić information content (AvgIpc) is 3.18. The molecule has 1 aliphatic rings. The molecule has 2 heterocycles. The molecule has 0 unspecified atom stereocenters. The number of piperazine rings is 1. The van der Waals surface area contributed by atoms with E-state index in [1.165, 1.54) is 0 Å². The maximum Gasteiger partial charge on any atom is 0.251 e. The molecule has 1 aliphatic heterocycles.